The zero-order valence-corrected chi connectivity index (χ0v) is 12.2. The van der Waals surface area contributed by atoms with Crippen LogP contribution in [-0.2, 0) is 0 Å². The lowest BCUT2D eigenvalue weighted by atomic mass is 10.0. The summed E-state index contributed by atoms with van der Waals surface area (Å²) in [6, 6.07) is 6.64. The van der Waals surface area contributed by atoms with Gasteiger partial charge in [0.1, 0.15) is 0 Å². The summed E-state index contributed by atoms with van der Waals surface area (Å²) in [5, 5.41) is 4.38. The molecule has 0 spiro atoms. The highest BCUT2D eigenvalue weighted by atomic mass is 35.5. The molecule has 0 bridgehead atoms. The number of thioether (sulfide) groups is 1. The third-order valence-electron chi connectivity index (χ3n) is 3.19. The van der Waals surface area contributed by atoms with Crippen LogP contribution in [0.3, 0.4) is 0 Å². The minimum absolute atomic E-state index is 0.162. The number of nitrogens with one attached hydrogen (secondary N) is 1. The van der Waals surface area contributed by atoms with Gasteiger partial charge in [0, 0.05) is 16.0 Å². The molecule has 1 aliphatic heterocycles. The Labute approximate surface area is 119 Å². The minimum Gasteiger partial charge on any atom is -0.297 e. The summed E-state index contributed by atoms with van der Waals surface area (Å²) in [4.78, 5) is 1.33. The lowest BCUT2D eigenvalue weighted by Crippen LogP contribution is -2.33. The fourth-order valence-corrected chi connectivity index (χ4v) is 3.57. The Hall–Kier alpha value is -0.620. The first kappa shape index (κ1) is 13.8. The largest absolute Gasteiger partial charge is 0.297 e. The van der Waals surface area contributed by atoms with Gasteiger partial charge in [0.05, 0.1) is 6.04 Å². The van der Waals surface area contributed by atoms with E-state index in [2.05, 4.69) is 30.3 Å². The molecule has 0 radical (unpaired) electrons. The molecule has 1 N–H and O–H groups in total. The molecule has 3 heteroatoms. The Bertz CT molecular complexity index is 452. The van der Waals surface area contributed by atoms with Crippen LogP contribution in [0.25, 0.3) is 0 Å². The van der Waals surface area contributed by atoms with Gasteiger partial charge in [-0.3, -0.25) is 5.32 Å². The number of terminal acetylenes is 1. The van der Waals surface area contributed by atoms with Crippen molar-refractivity contribution < 1.29 is 0 Å². The number of fused-ring (bicyclic) bond motifs is 1. The van der Waals surface area contributed by atoms with Gasteiger partial charge in [-0.15, -0.1) is 18.2 Å². The Morgan fingerprint density at radius 1 is 1.61 bits per heavy atom. The van der Waals surface area contributed by atoms with Gasteiger partial charge in [-0.2, -0.15) is 0 Å². The van der Waals surface area contributed by atoms with Gasteiger partial charge >= 0.3 is 0 Å². The second-order valence-corrected chi connectivity index (χ2v) is 6.12. The first-order valence-corrected chi connectivity index (χ1v) is 7.75. The van der Waals surface area contributed by atoms with E-state index in [4.69, 9.17) is 18.0 Å². The van der Waals surface area contributed by atoms with E-state index in [1.54, 1.807) is 0 Å². The van der Waals surface area contributed by atoms with Crippen molar-refractivity contribution in [1.82, 2.24) is 5.32 Å². The van der Waals surface area contributed by atoms with E-state index in [9.17, 15) is 0 Å². The molecule has 18 heavy (non-hydrogen) atoms. The van der Waals surface area contributed by atoms with Crippen molar-refractivity contribution in [2.75, 3.05) is 5.75 Å². The molecular formula is C15H18ClNS. The fraction of sp³-hybridized carbons (Fsp3) is 0.467. The van der Waals surface area contributed by atoms with Crippen molar-refractivity contribution in [1.29, 1.82) is 0 Å². The van der Waals surface area contributed by atoms with E-state index in [1.165, 1.54) is 10.5 Å². The van der Waals surface area contributed by atoms with Gasteiger partial charge in [0.15, 0.2) is 0 Å². The topological polar surface area (TPSA) is 12.0 Å². The monoisotopic (exact) mass is 279 g/mol. The van der Waals surface area contributed by atoms with Crippen LogP contribution >= 0.6 is 23.4 Å². The van der Waals surface area contributed by atoms with Gasteiger partial charge in [0.2, 0.25) is 0 Å². The summed E-state index contributed by atoms with van der Waals surface area (Å²) in [5.41, 5.74) is 1.30. The maximum absolute atomic E-state index is 6.10. The minimum atomic E-state index is 0.162. The van der Waals surface area contributed by atoms with E-state index < -0.39 is 0 Å². The second kappa shape index (κ2) is 6.52. The quantitative estimate of drug-likeness (QED) is 0.826. The lowest BCUT2D eigenvalue weighted by molar-refractivity contribution is 0.454. The molecule has 1 aliphatic rings. The number of hydrogen-bond donors (Lipinski definition) is 1. The van der Waals surface area contributed by atoms with Gasteiger partial charge in [-0.1, -0.05) is 30.9 Å². The highest BCUT2D eigenvalue weighted by Crippen LogP contribution is 2.37. The van der Waals surface area contributed by atoms with Crippen molar-refractivity contribution in [2.24, 2.45) is 0 Å². The lowest BCUT2D eigenvalue weighted by Gasteiger charge is -2.28. The van der Waals surface area contributed by atoms with E-state index >= 15 is 0 Å². The van der Waals surface area contributed by atoms with Gasteiger partial charge in [-0.25, -0.2) is 0 Å². The second-order valence-electron chi connectivity index (χ2n) is 4.55. The Morgan fingerprint density at radius 3 is 3.17 bits per heavy atom. The van der Waals surface area contributed by atoms with Crippen LogP contribution in [0.4, 0.5) is 0 Å². The van der Waals surface area contributed by atoms with Crippen LogP contribution in [0.15, 0.2) is 23.1 Å². The summed E-state index contributed by atoms with van der Waals surface area (Å²) in [6.45, 7) is 2.16. The van der Waals surface area contributed by atoms with Crippen molar-refractivity contribution >= 4 is 23.4 Å². The van der Waals surface area contributed by atoms with Crippen molar-refractivity contribution in [3.8, 4) is 12.3 Å². The van der Waals surface area contributed by atoms with E-state index in [0.29, 0.717) is 6.04 Å². The van der Waals surface area contributed by atoms with Crippen molar-refractivity contribution in [3.63, 3.8) is 0 Å². The highest BCUT2D eigenvalue weighted by Gasteiger charge is 2.22. The van der Waals surface area contributed by atoms with E-state index in [-0.39, 0.29) is 6.04 Å². The molecule has 1 heterocycles. The van der Waals surface area contributed by atoms with Crippen LogP contribution in [-0.4, -0.2) is 11.8 Å². The van der Waals surface area contributed by atoms with Crippen LogP contribution in [0.1, 0.15) is 37.8 Å². The van der Waals surface area contributed by atoms with E-state index in [1.807, 2.05) is 17.8 Å². The summed E-state index contributed by atoms with van der Waals surface area (Å²) in [5.74, 6) is 3.98. The maximum atomic E-state index is 6.10. The van der Waals surface area contributed by atoms with Gasteiger partial charge in [-0.05, 0) is 42.4 Å². The third-order valence-corrected chi connectivity index (χ3v) is 4.55. The number of rotatable bonds is 4. The van der Waals surface area contributed by atoms with E-state index in [0.717, 1.165) is 30.0 Å². The first-order valence-electron chi connectivity index (χ1n) is 6.39. The molecule has 0 aliphatic carbocycles. The van der Waals surface area contributed by atoms with Crippen LogP contribution in [0, 0.1) is 12.3 Å². The molecule has 1 aromatic carbocycles. The normalized spacial score (nSPS) is 19.9. The number of halogens is 1. The molecule has 0 saturated carbocycles. The van der Waals surface area contributed by atoms with Crippen LogP contribution in [0.5, 0.6) is 0 Å². The molecule has 96 valence electrons. The molecule has 0 aromatic heterocycles. The zero-order chi connectivity index (χ0) is 13.0. The molecule has 0 fully saturated rings. The Kier molecular flexibility index (Phi) is 5.00. The molecule has 2 rings (SSSR count). The average Bonchev–Trinajstić information content (AvgIpc) is 2.38. The Morgan fingerprint density at radius 2 is 2.44 bits per heavy atom. The standard InChI is InChI=1S/C15H18ClNS/c1-3-5-12(4-2)17-14-8-9-18-15-7-6-11(16)10-13(14)15/h2,6-7,10,12,14,17H,3,5,8-9H2,1H3. The molecule has 1 nitrogen and oxygen atoms in total. The fourth-order valence-electron chi connectivity index (χ4n) is 2.28. The Balaban J connectivity index is 2.17. The maximum Gasteiger partial charge on any atom is 0.0691 e. The van der Waals surface area contributed by atoms with Gasteiger partial charge in [0.25, 0.3) is 0 Å². The molecule has 2 unspecified atom stereocenters. The molecule has 0 amide bonds. The number of benzene rings is 1. The summed E-state index contributed by atoms with van der Waals surface area (Å²) >= 11 is 8.00. The molecule has 0 saturated heterocycles. The first-order chi connectivity index (χ1) is 8.74. The summed E-state index contributed by atoms with van der Waals surface area (Å²) < 4.78 is 0. The van der Waals surface area contributed by atoms with Crippen LogP contribution in [0.2, 0.25) is 5.02 Å². The highest BCUT2D eigenvalue weighted by molar-refractivity contribution is 7.99. The van der Waals surface area contributed by atoms with Gasteiger partial charge < -0.3 is 0 Å². The summed E-state index contributed by atoms with van der Waals surface area (Å²) in [7, 11) is 0. The summed E-state index contributed by atoms with van der Waals surface area (Å²) in [6.07, 6.45) is 8.82. The molecular weight excluding hydrogens is 262 g/mol. The van der Waals surface area contributed by atoms with Crippen LogP contribution < -0.4 is 5.32 Å². The average molecular weight is 280 g/mol. The SMILES string of the molecule is C#CC(CCC)NC1CCSc2ccc(Cl)cc21. The molecule has 1 aromatic rings. The van der Waals surface area contributed by atoms with Crippen molar-refractivity contribution in [2.45, 2.75) is 43.2 Å². The third kappa shape index (κ3) is 3.23. The zero-order valence-electron chi connectivity index (χ0n) is 10.6. The smallest absolute Gasteiger partial charge is 0.0691 e. The predicted molar refractivity (Wildman–Crippen MR) is 80.2 cm³/mol. The molecule has 2 atom stereocenters. The number of hydrogen-bond acceptors (Lipinski definition) is 2. The van der Waals surface area contributed by atoms with Crippen molar-refractivity contribution in [3.05, 3.63) is 28.8 Å². The predicted octanol–water partition coefficient (Wildman–Crippen LogP) is 4.27.